The molecule has 0 spiro atoms. The summed E-state index contributed by atoms with van der Waals surface area (Å²) in [5.74, 6) is 0.0727. The van der Waals surface area contributed by atoms with Gasteiger partial charge in [0, 0.05) is 29.6 Å². The van der Waals surface area contributed by atoms with E-state index in [1.54, 1.807) is 6.92 Å². The number of carbonyl (C=O) groups is 1. The minimum Gasteiger partial charge on any atom is -0.370 e. The SMILES string of the molecule is CC(=O)N1c2ccc(-c3csc(N=C(N)N)n3)cc2C[C@@H]1C. The molecule has 1 aromatic heterocycles. The Kier molecular flexibility index (Phi) is 3.58. The maximum absolute atomic E-state index is 11.8. The van der Waals surface area contributed by atoms with Gasteiger partial charge in [-0.15, -0.1) is 11.3 Å². The highest BCUT2D eigenvalue weighted by molar-refractivity contribution is 7.13. The Morgan fingerprint density at radius 3 is 2.91 bits per heavy atom. The van der Waals surface area contributed by atoms with Crippen molar-refractivity contribution in [2.75, 3.05) is 4.90 Å². The third-order valence-corrected chi connectivity index (χ3v) is 4.38. The lowest BCUT2D eigenvalue weighted by Gasteiger charge is -2.20. The van der Waals surface area contributed by atoms with Crippen LogP contribution in [0, 0.1) is 0 Å². The van der Waals surface area contributed by atoms with Crippen molar-refractivity contribution in [3.63, 3.8) is 0 Å². The van der Waals surface area contributed by atoms with Crippen molar-refractivity contribution < 1.29 is 4.79 Å². The van der Waals surface area contributed by atoms with Crippen LogP contribution in [0.5, 0.6) is 0 Å². The number of guanidine groups is 1. The van der Waals surface area contributed by atoms with Gasteiger partial charge in [0.1, 0.15) is 0 Å². The number of benzene rings is 1. The maximum Gasteiger partial charge on any atom is 0.224 e. The fraction of sp³-hybridized carbons (Fsp3) is 0.267. The average Bonchev–Trinajstić information content (AvgIpc) is 3.00. The molecule has 0 fully saturated rings. The zero-order valence-electron chi connectivity index (χ0n) is 12.4. The van der Waals surface area contributed by atoms with E-state index >= 15 is 0 Å². The smallest absolute Gasteiger partial charge is 0.224 e. The predicted octanol–water partition coefficient (Wildman–Crippen LogP) is 2.01. The van der Waals surface area contributed by atoms with Gasteiger partial charge < -0.3 is 16.4 Å². The average molecular weight is 315 g/mol. The Hall–Kier alpha value is -2.41. The molecule has 114 valence electrons. The van der Waals surface area contributed by atoms with E-state index in [2.05, 4.69) is 23.0 Å². The Balaban J connectivity index is 1.95. The molecule has 1 aliphatic heterocycles. The fourth-order valence-electron chi connectivity index (χ4n) is 2.83. The zero-order valence-corrected chi connectivity index (χ0v) is 13.2. The normalized spacial score (nSPS) is 16.5. The van der Waals surface area contributed by atoms with Gasteiger partial charge in [-0.1, -0.05) is 6.07 Å². The molecule has 3 rings (SSSR count). The highest BCUT2D eigenvalue weighted by atomic mass is 32.1. The fourth-order valence-corrected chi connectivity index (χ4v) is 3.54. The first-order valence-corrected chi connectivity index (χ1v) is 7.82. The van der Waals surface area contributed by atoms with E-state index in [1.165, 1.54) is 11.3 Å². The molecule has 1 amide bonds. The van der Waals surface area contributed by atoms with Crippen LogP contribution in [-0.2, 0) is 11.2 Å². The molecule has 1 atom stereocenters. The van der Waals surface area contributed by atoms with Crippen LogP contribution in [0.25, 0.3) is 11.3 Å². The molecule has 7 heteroatoms. The van der Waals surface area contributed by atoms with Gasteiger partial charge in [-0.3, -0.25) is 4.79 Å². The highest BCUT2D eigenvalue weighted by Gasteiger charge is 2.29. The molecule has 0 saturated carbocycles. The number of fused-ring (bicyclic) bond motifs is 1. The summed E-state index contributed by atoms with van der Waals surface area (Å²) in [5, 5.41) is 2.46. The minimum atomic E-state index is 0.000720. The van der Waals surface area contributed by atoms with Crippen LogP contribution in [0.3, 0.4) is 0 Å². The van der Waals surface area contributed by atoms with Crippen molar-refractivity contribution in [3.05, 3.63) is 29.1 Å². The number of nitrogens with zero attached hydrogens (tertiary/aromatic N) is 3. The Bertz CT molecular complexity index is 763. The number of rotatable bonds is 2. The van der Waals surface area contributed by atoms with Gasteiger partial charge in [0.05, 0.1) is 5.69 Å². The van der Waals surface area contributed by atoms with Gasteiger partial charge in [0.15, 0.2) is 5.96 Å². The molecule has 0 radical (unpaired) electrons. The largest absolute Gasteiger partial charge is 0.370 e. The monoisotopic (exact) mass is 315 g/mol. The molecular weight excluding hydrogens is 298 g/mol. The first-order valence-electron chi connectivity index (χ1n) is 6.94. The van der Waals surface area contributed by atoms with Crippen molar-refractivity contribution in [1.82, 2.24) is 4.98 Å². The highest BCUT2D eigenvalue weighted by Crippen LogP contribution is 2.36. The number of nitrogens with two attached hydrogens (primary N) is 2. The number of aliphatic imine (C=N–C) groups is 1. The lowest BCUT2D eigenvalue weighted by molar-refractivity contribution is -0.116. The molecule has 6 nitrogen and oxygen atoms in total. The standard InChI is InChI=1S/C15H17N5OS/c1-8-5-11-6-10(3-4-13(11)20(8)9(2)21)12-7-22-15(18-12)19-14(16)17/h3-4,6-8H,5H2,1-2H3,(H4,16,17,18,19)/t8-/m0/s1. The van der Waals surface area contributed by atoms with Crippen LogP contribution in [0.15, 0.2) is 28.6 Å². The summed E-state index contributed by atoms with van der Waals surface area (Å²) in [4.78, 5) is 22.0. The second-order valence-electron chi connectivity index (χ2n) is 5.34. The molecule has 1 aromatic carbocycles. The number of hydrogen-bond donors (Lipinski definition) is 2. The minimum absolute atomic E-state index is 0.000720. The van der Waals surface area contributed by atoms with Crippen molar-refractivity contribution in [3.8, 4) is 11.3 Å². The number of thiazole rings is 1. The zero-order chi connectivity index (χ0) is 15.9. The summed E-state index contributed by atoms with van der Waals surface area (Å²) >= 11 is 1.39. The number of anilines is 1. The van der Waals surface area contributed by atoms with E-state index in [9.17, 15) is 4.79 Å². The molecule has 2 aromatic rings. The molecule has 22 heavy (non-hydrogen) atoms. The molecule has 0 unspecified atom stereocenters. The summed E-state index contributed by atoms with van der Waals surface area (Å²) in [6.45, 7) is 3.65. The Morgan fingerprint density at radius 2 is 2.23 bits per heavy atom. The van der Waals surface area contributed by atoms with Crippen LogP contribution in [0.1, 0.15) is 19.4 Å². The van der Waals surface area contributed by atoms with Gasteiger partial charge in [-0.05, 0) is 31.0 Å². The molecule has 4 N–H and O–H groups in total. The van der Waals surface area contributed by atoms with Gasteiger partial charge >= 0.3 is 0 Å². The van der Waals surface area contributed by atoms with Gasteiger partial charge in [0.2, 0.25) is 11.0 Å². The molecule has 2 heterocycles. The van der Waals surface area contributed by atoms with Crippen molar-refractivity contribution >= 4 is 34.0 Å². The number of carbonyl (C=O) groups excluding carboxylic acids is 1. The number of hydrogen-bond acceptors (Lipinski definition) is 4. The first kappa shape index (κ1) is 14.5. The second kappa shape index (κ2) is 5.42. The lowest BCUT2D eigenvalue weighted by Crippen LogP contribution is -2.33. The summed E-state index contributed by atoms with van der Waals surface area (Å²) < 4.78 is 0. The van der Waals surface area contributed by atoms with Crippen LogP contribution in [0.4, 0.5) is 10.8 Å². The molecule has 0 bridgehead atoms. The van der Waals surface area contributed by atoms with Gasteiger partial charge in [0.25, 0.3) is 0 Å². The number of aromatic nitrogens is 1. The summed E-state index contributed by atoms with van der Waals surface area (Å²) in [6.07, 6.45) is 0.855. The maximum atomic E-state index is 11.8. The van der Waals surface area contributed by atoms with Crippen LogP contribution in [0.2, 0.25) is 0 Å². The summed E-state index contributed by atoms with van der Waals surface area (Å²) in [7, 11) is 0. The van der Waals surface area contributed by atoms with E-state index in [4.69, 9.17) is 11.5 Å². The van der Waals surface area contributed by atoms with Crippen molar-refractivity contribution in [2.24, 2.45) is 16.5 Å². The summed E-state index contributed by atoms with van der Waals surface area (Å²) in [6, 6.07) is 6.23. The third kappa shape index (κ3) is 2.55. The predicted molar refractivity (Wildman–Crippen MR) is 89.3 cm³/mol. The summed E-state index contributed by atoms with van der Waals surface area (Å²) in [5.41, 5.74) is 14.7. The molecule has 0 aliphatic carbocycles. The van der Waals surface area contributed by atoms with E-state index in [1.807, 2.05) is 22.4 Å². The van der Waals surface area contributed by atoms with Crippen molar-refractivity contribution in [1.29, 1.82) is 0 Å². The van der Waals surface area contributed by atoms with E-state index in [0.29, 0.717) is 5.13 Å². The Morgan fingerprint density at radius 1 is 1.45 bits per heavy atom. The van der Waals surface area contributed by atoms with E-state index in [0.717, 1.165) is 28.9 Å². The second-order valence-corrected chi connectivity index (χ2v) is 6.17. The molecule has 0 saturated heterocycles. The topological polar surface area (TPSA) is 97.6 Å². The Labute approximate surface area is 132 Å². The molecular formula is C15H17N5OS. The van der Waals surface area contributed by atoms with Gasteiger partial charge in [-0.2, -0.15) is 4.99 Å². The van der Waals surface area contributed by atoms with E-state index < -0.39 is 0 Å². The van der Waals surface area contributed by atoms with Crippen LogP contribution >= 0.6 is 11.3 Å². The third-order valence-electron chi connectivity index (χ3n) is 3.65. The van der Waals surface area contributed by atoms with E-state index in [-0.39, 0.29) is 17.9 Å². The van der Waals surface area contributed by atoms with Crippen molar-refractivity contribution in [2.45, 2.75) is 26.3 Å². The van der Waals surface area contributed by atoms with Crippen LogP contribution in [-0.4, -0.2) is 22.9 Å². The quantitative estimate of drug-likeness (QED) is 0.654. The first-order chi connectivity index (χ1) is 10.5. The number of amides is 1. The van der Waals surface area contributed by atoms with Gasteiger partial charge in [-0.25, -0.2) is 4.98 Å². The lowest BCUT2D eigenvalue weighted by atomic mass is 10.1. The molecule has 1 aliphatic rings. The van der Waals surface area contributed by atoms with Crippen LogP contribution < -0.4 is 16.4 Å².